The second-order valence-electron chi connectivity index (χ2n) is 7.84. The Hall–Kier alpha value is -1.48. The lowest BCUT2D eigenvalue weighted by molar-refractivity contribution is -0.121. The number of anilines is 1. The number of amides is 1. The average molecular weight is 410 g/mol. The highest BCUT2D eigenvalue weighted by Gasteiger charge is 2.26. The van der Waals surface area contributed by atoms with Crippen LogP contribution in [0, 0.1) is 0 Å². The molecule has 2 fully saturated rings. The lowest BCUT2D eigenvalue weighted by Crippen LogP contribution is -2.48. The molecule has 2 aliphatic rings. The molecule has 1 N–H and O–H groups in total. The first-order valence-corrected chi connectivity index (χ1v) is 11.6. The zero-order chi connectivity index (χ0) is 20.1. The van der Waals surface area contributed by atoms with Gasteiger partial charge in [-0.2, -0.15) is 4.31 Å². The molecule has 8 heteroatoms. The highest BCUT2D eigenvalue weighted by molar-refractivity contribution is 7.89. The van der Waals surface area contributed by atoms with Gasteiger partial charge < -0.3 is 10.1 Å². The standard InChI is InChI=1S/C20H31N3O4S/c1-16-13-22(14-17(2)27-16)15-20(24)21-18-7-9-19(10-8-18)28(25,26)23-11-5-3-4-6-12-23/h7-10,16-17H,3-6,11-15H2,1-2H3,(H,21,24)/t16-,17-/m0/s1. The molecule has 2 heterocycles. The average Bonchev–Trinajstić information content (AvgIpc) is 2.91. The molecule has 1 amide bonds. The molecule has 0 aromatic heterocycles. The second-order valence-corrected chi connectivity index (χ2v) is 9.78. The summed E-state index contributed by atoms with van der Waals surface area (Å²) in [7, 11) is -3.47. The van der Waals surface area contributed by atoms with Crippen LogP contribution in [0.1, 0.15) is 39.5 Å². The predicted octanol–water partition coefficient (Wildman–Crippen LogP) is 2.30. The third-order valence-corrected chi connectivity index (χ3v) is 7.12. The van der Waals surface area contributed by atoms with Gasteiger partial charge in [0.15, 0.2) is 0 Å². The Kier molecular flexibility index (Phi) is 7.09. The fraction of sp³-hybridized carbons (Fsp3) is 0.650. The molecular formula is C20H31N3O4S. The zero-order valence-corrected chi connectivity index (χ0v) is 17.6. The minimum absolute atomic E-state index is 0.107. The molecule has 0 unspecified atom stereocenters. The Labute approximate surface area is 168 Å². The van der Waals surface area contributed by atoms with E-state index in [1.165, 1.54) is 0 Å². The molecule has 0 saturated carbocycles. The Morgan fingerprint density at radius 3 is 2.18 bits per heavy atom. The van der Waals surface area contributed by atoms with Crippen molar-refractivity contribution in [3.8, 4) is 0 Å². The highest BCUT2D eigenvalue weighted by Crippen LogP contribution is 2.22. The van der Waals surface area contributed by atoms with Crippen LogP contribution in [0.3, 0.4) is 0 Å². The SMILES string of the molecule is C[C@H]1CN(CC(=O)Nc2ccc(S(=O)(=O)N3CCCCCC3)cc2)C[C@H](C)O1. The van der Waals surface area contributed by atoms with Crippen molar-refractivity contribution in [3.05, 3.63) is 24.3 Å². The number of hydrogen-bond acceptors (Lipinski definition) is 5. The van der Waals surface area contributed by atoms with E-state index in [9.17, 15) is 13.2 Å². The molecule has 1 aromatic rings. The van der Waals surface area contributed by atoms with Gasteiger partial charge in [-0.05, 0) is 51.0 Å². The van der Waals surface area contributed by atoms with E-state index in [0.29, 0.717) is 25.3 Å². The summed E-state index contributed by atoms with van der Waals surface area (Å²) in [5.74, 6) is -0.107. The van der Waals surface area contributed by atoms with Crippen LogP contribution in [0.15, 0.2) is 29.2 Å². The smallest absolute Gasteiger partial charge is 0.243 e. The highest BCUT2D eigenvalue weighted by atomic mass is 32.2. The third-order valence-electron chi connectivity index (χ3n) is 5.20. The van der Waals surface area contributed by atoms with Gasteiger partial charge in [0, 0.05) is 31.9 Å². The first kappa shape index (κ1) is 21.2. The van der Waals surface area contributed by atoms with Gasteiger partial charge in [-0.1, -0.05) is 12.8 Å². The summed E-state index contributed by atoms with van der Waals surface area (Å²) in [6.07, 6.45) is 4.20. The van der Waals surface area contributed by atoms with Gasteiger partial charge in [-0.3, -0.25) is 9.69 Å². The Balaban J connectivity index is 1.58. The minimum atomic E-state index is -3.47. The molecule has 0 aliphatic carbocycles. The lowest BCUT2D eigenvalue weighted by Gasteiger charge is -2.34. The molecule has 0 radical (unpaired) electrons. The molecular weight excluding hydrogens is 378 g/mol. The number of carbonyl (C=O) groups is 1. The van der Waals surface area contributed by atoms with E-state index in [0.717, 1.165) is 38.8 Å². The quantitative estimate of drug-likeness (QED) is 0.807. The van der Waals surface area contributed by atoms with Gasteiger partial charge in [-0.15, -0.1) is 0 Å². The van der Waals surface area contributed by atoms with E-state index >= 15 is 0 Å². The van der Waals surface area contributed by atoms with Crippen molar-refractivity contribution in [1.29, 1.82) is 0 Å². The van der Waals surface area contributed by atoms with Gasteiger partial charge in [-0.25, -0.2) is 8.42 Å². The van der Waals surface area contributed by atoms with Gasteiger partial charge in [0.05, 0.1) is 23.6 Å². The molecule has 28 heavy (non-hydrogen) atoms. The van der Waals surface area contributed by atoms with E-state index in [1.54, 1.807) is 28.6 Å². The van der Waals surface area contributed by atoms with E-state index < -0.39 is 10.0 Å². The predicted molar refractivity (Wildman–Crippen MR) is 109 cm³/mol. The number of rotatable bonds is 5. The summed E-state index contributed by atoms with van der Waals surface area (Å²) in [6, 6.07) is 6.48. The lowest BCUT2D eigenvalue weighted by atomic mass is 10.2. The number of morpholine rings is 1. The van der Waals surface area contributed by atoms with Gasteiger partial charge in [0.1, 0.15) is 0 Å². The van der Waals surface area contributed by atoms with Gasteiger partial charge in [0.2, 0.25) is 15.9 Å². The van der Waals surface area contributed by atoms with Crippen molar-refractivity contribution in [2.75, 3.05) is 38.0 Å². The number of nitrogens with zero attached hydrogens (tertiary/aromatic N) is 2. The van der Waals surface area contributed by atoms with Crippen molar-refractivity contribution in [3.63, 3.8) is 0 Å². The Bertz CT molecular complexity index is 748. The summed E-state index contributed by atoms with van der Waals surface area (Å²) >= 11 is 0. The number of ether oxygens (including phenoxy) is 1. The summed E-state index contributed by atoms with van der Waals surface area (Å²) < 4.78 is 32.9. The first-order valence-electron chi connectivity index (χ1n) is 10.1. The maximum absolute atomic E-state index is 12.8. The fourth-order valence-corrected chi connectivity index (χ4v) is 5.48. The number of benzene rings is 1. The van der Waals surface area contributed by atoms with Crippen LogP contribution in [0.25, 0.3) is 0 Å². The molecule has 156 valence electrons. The number of carbonyl (C=O) groups excluding carboxylic acids is 1. The van der Waals surface area contributed by atoms with E-state index in [2.05, 4.69) is 10.2 Å². The Morgan fingerprint density at radius 2 is 1.61 bits per heavy atom. The van der Waals surface area contributed by atoms with Crippen LogP contribution in [0.5, 0.6) is 0 Å². The van der Waals surface area contributed by atoms with Gasteiger partial charge >= 0.3 is 0 Å². The molecule has 0 bridgehead atoms. The molecule has 0 spiro atoms. The van der Waals surface area contributed by atoms with E-state index in [4.69, 9.17) is 4.74 Å². The van der Waals surface area contributed by atoms with Crippen molar-refractivity contribution in [2.24, 2.45) is 0 Å². The first-order chi connectivity index (χ1) is 13.3. The summed E-state index contributed by atoms with van der Waals surface area (Å²) in [5.41, 5.74) is 0.606. The normalized spacial score (nSPS) is 25.2. The van der Waals surface area contributed by atoms with Crippen LogP contribution >= 0.6 is 0 Å². The van der Waals surface area contributed by atoms with Crippen LogP contribution in [-0.2, 0) is 19.6 Å². The largest absolute Gasteiger partial charge is 0.373 e. The molecule has 7 nitrogen and oxygen atoms in total. The molecule has 1 aromatic carbocycles. The van der Waals surface area contributed by atoms with Crippen LogP contribution in [0.2, 0.25) is 0 Å². The molecule has 2 atom stereocenters. The number of sulfonamides is 1. The van der Waals surface area contributed by atoms with Crippen molar-refractivity contribution >= 4 is 21.6 Å². The molecule has 3 rings (SSSR count). The third kappa shape index (κ3) is 5.53. The maximum Gasteiger partial charge on any atom is 0.243 e. The van der Waals surface area contributed by atoms with Crippen LogP contribution in [-0.4, -0.2) is 68.5 Å². The van der Waals surface area contributed by atoms with Crippen LogP contribution < -0.4 is 5.32 Å². The number of hydrogen-bond donors (Lipinski definition) is 1. The van der Waals surface area contributed by atoms with Crippen LogP contribution in [0.4, 0.5) is 5.69 Å². The van der Waals surface area contributed by atoms with E-state index in [1.807, 2.05) is 13.8 Å². The molecule has 2 saturated heterocycles. The van der Waals surface area contributed by atoms with Crippen molar-refractivity contribution < 1.29 is 17.9 Å². The summed E-state index contributed by atoms with van der Waals surface area (Å²) in [4.78, 5) is 14.7. The second kappa shape index (κ2) is 9.35. The van der Waals surface area contributed by atoms with Gasteiger partial charge in [0.25, 0.3) is 0 Å². The monoisotopic (exact) mass is 409 g/mol. The van der Waals surface area contributed by atoms with Crippen molar-refractivity contribution in [2.45, 2.75) is 56.6 Å². The minimum Gasteiger partial charge on any atom is -0.373 e. The van der Waals surface area contributed by atoms with Crippen molar-refractivity contribution in [1.82, 2.24) is 9.21 Å². The Morgan fingerprint density at radius 1 is 1.04 bits per heavy atom. The molecule has 2 aliphatic heterocycles. The summed E-state index contributed by atoms with van der Waals surface area (Å²) in [6.45, 7) is 6.92. The van der Waals surface area contributed by atoms with E-state index in [-0.39, 0.29) is 23.0 Å². The maximum atomic E-state index is 12.8. The zero-order valence-electron chi connectivity index (χ0n) is 16.8. The topological polar surface area (TPSA) is 79.0 Å². The summed E-state index contributed by atoms with van der Waals surface area (Å²) in [5, 5.41) is 2.86. The number of nitrogens with one attached hydrogen (secondary N) is 1. The fourth-order valence-electron chi connectivity index (χ4n) is 3.96.